The maximum Gasteiger partial charge on any atom is 0.106 e. The van der Waals surface area contributed by atoms with Crippen molar-refractivity contribution in [2.45, 2.75) is 0 Å². The van der Waals surface area contributed by atoms with E-state index < -0.39 is 0 Å². The Morgan fingerprint density at radius 2 is 0.160 bits per heavy atom. The van der Waals surface area contributed by atoms with Crippen LogP contribution in [0.15, 0.2) is 0 Å². The van der Waals surface area contributed by atoms with E-state index in [1.165, 1.54) is 0 Å². The molecule has 0 fully saturated rings. The van der Waals surface area contributed by atoms with Crippen LogP contribution in [0.3, 0.4) is 0 Å². The van der Waals surface area contributed by atoms with Gasteiger partial charge in [-0.2, -0.15) is 0 Å². The molecule has 0 bridgehead atoms. The third-order valence-corrected chi connectivity index (χ3v) is 0. The zero-order chi connectivity index (χ0) is 24.0. The Morgan fingerprint density at radius 3 is 0.160 bits per heavy atom. The van der Waals surface area contributed by atoms with Gasteiger partial charge in [0.1, 0.15) is 81.5 Å². The van der Waals surface area contributed by atoms with Gasteiger partial charge in [0.05, 0.1) is 0 Å². The molecule has 0 saturated heterocycles. The standard InChI is InChI=1S/12CH2O.Rh/c12*1-2;/h12*1H2;. The predicted octanol–water partition coefficient (Wildman–Crippen LogP) is -2.22. The molecular formula is C12H24O12Rh. The Hall–Kier alpha value is -3.34. The zero-order valence-corrected chi connectivity index (χ0v) is 15.4. The SMILES string of the molecule is C=O.C=O.C=O.C=O.C=O.C=O.C=O.C=O.C=O.C=O.C=O.C=O.[Rh]. The monoisotopic (exact) mass is 463 g/mol. The van der Waals surface area contributed by atoms with Gasteiger partial charge in [0.15, 0.2) is 0 Å². The Balaban J connectivity index is -0.00000000569. The summed E-state index contributed by atoms with van der Waals surface area (Å²) >= 11 is 0. The second-order valence-corrected chi connectivity index (χ2v) is 0. The third kappa shape index (κ3) is 646. The molecule has 0 spiro atoms. The normalized spacial score (nSPS) is 1.92. The van der Waals surface area contributed by atoms with Crippen LogP contribution in [-0.2, 0) is 77.0 Å². The van der Waals surface area contributed by atoms with Gasteiger partial charge < -0.3 is 57.5 Å². The van der Waals surface area contributed by atoms with E-state index in [2.05, 4.69) is 0 Å². The number of carbonyl (C=O) groups excluding carboxylic acids is 12. The molecule has 0 rings (SSSR count). The molecule has 0 aliphatic heterocycles. The summed E-state index contributed by atoms with van der Waals surface area (Å²) in [4.78, 5) is 96.0. The Bertz CT molecular complexity index is 73.1. The largest absolute Gasteiger partial charge is 0.307 e. The quantitative estimate of drug-likeness (QED) is 0.350. The third-order valence-electron chi connectivity index (χ3n) is 0. The Morgan fingerprint density at radius 1 is 0.160 bits per heavy atom. The predicted molar refractivity (Wildman–Crippen MR) is 85.5 cm³/mol. The molecule has 0 aromatic carbocycles. The summed E-state index contributed by atoms with van der Waals surface area (Å²) in [7, 11) is 0. The molecule has 13 heteroatoms. The van der Waals surface area contributed by atoms with Crippen molar-refractivity contribution in [2.24, 2.45) is 0 Å². The number of rotatable bonds is 0. The molecule has 0 aromatic rings. The van der Waals surface area contributed by atoms with Gasteiger partial charge in [-0.3, -0.25) is 0 Å². The van der Waals surface area contributed by atoms with Crippen molar-refractivity contribution in [1.82, 2.24) is 0 Å². The molecule has 0 aliphatic rings. The fourth-order valence-corrected chi connectivity index (χ4v) is 0. The number of hydrogen-bond acceptors (Lipinski definition) is 12. The van der Waals surface area contributed by atoms with Crippen LogP contribution in [0.4, 0.5) is 0 Å². The van der Waals surface area contributed by atoms with Crippen LogP contribution in [-0.4, -0.2) is 81.5 Å². The summed E-state index contributed by atoms with van der Waals surface area (Å²) in [6, 6.07) is 0. The molecule has 0 N–H and O–H groups in total. The van der Waals surface area contributed by atoms with Crippen molar-refractivity contribution in [3.05, 3.63) is 0 Å². The van der Waals surface area contributed by atoms with Crippen molar-refractivity contribution >= 4 is 81.5 Å². The van der Waals surface area contributed by atoms with E-state index in [0.29, 0.717) is 0 Å². The molecule has 25 heavy (non-hydrogen) atoms. The molecule has 0 heterocycles. The summed E-state index contributed by atoms with van der Waals surface area (Å²) in [5.74, 6) is 0. The van der Waals surface area contributed by atoms with Gasteiger partial charge in [0.2, 0.25) is 0 Å². The molecule has 0 aliphatic carbocycles. The fraction of sp³-hybridized carbons (Fsp3) is 0. The minimum atomic E-state index is 0. The van der Waals surface area contributed by atoms with Crippen LogP contribution in [0.1, 0.15) is 0 Å². The van der Waals surface area contributed by atoms with Crippen molar-refractivity contribution < 1.29 is 77.0 Å². The van der Waals surface area contributed by atoms with Crippen LogP contribution in [0.5, 0.6) is 0 Å². The summed E-state index contributed by atoms with van der Waals surface area (Å²) in [5.41, 5.74) is 0. The Labute approximate surface area is 159 Å². The molecule has 1 radical (unpaired) electrons. The van der Waals surface area contributed by atoms with E-state index in [9.17, 15) is 0 Å². The molecule has 0 saturated carbocycles. The van der Waals surface area contributed by atoms with Crippen molar-refractivity contribution in [2.75, 3.05) is 0 Å². The molecule has 0 atom stereocenters. The molecule has 12 nitrogen and oxygen atoms in total. The van der Waals surface area contributed by atoms with Crippen molar-refractivity contribution in [3.63, 3.8) is 0 Å². The first-order valence-electron chi connectivity index (χ1n) is 3.46. The van der Waals surface area contributed by atoms with Crippen LogP contribution in [0.25, 0.3) is 0 Å². The summed E-state index contributed by atoms with van der Waals surface area (Å²) < 4.78 is 0. The van der Waals surface area contributed by atoms with E-state index >= 15 is 0 Å². The molecular weight excluding hydrogens is 439 g/mol. The molecule has 0 aromatic heterocycles. The first-order chi connectivity index (χ1) is 12.0. The van der Waals surface area contributed by atoms with E-state index in [1.807, 2.05) is 81.5 Å². The van der Waals surface area contributed by atoms with Crippen molar-refractivity contribution in [1.29, 1.82) is 0 Å². The van der Waals surface area contributed by atoms with Gasteiger partial charge in [-0.05, 0) is 0 Å². The average Bonchev–Trinajstić information content (AvgIpc) is 2.84. The molecule has 0 unspecified atom stereocenters. The van der Waals surface area contributed by atoms with E-state index in [1.54, 1.807) is 0 Å². The van der Waals surface area contributed by atoms with Gasteiger partial charge in [-0.25, -0.2) is 0 Å². The summed E-state index contributed by atoms with van der Waals surface area (Å²) in [6.07, 6.45) is 0. The van der Waals surface area contributed by atoms with E-state index in [-0.39, 0.29) is 19.5 Å². The van der Waals surface area contributed by atoms with Gasteiger partial charge in [-0.1, -0.05) is 0 Å². The zero-order valence-electron chi connectivity index (χ0n) is 13.7. The average molecular weight is 463 g/mol. The Kier molecular flexibility index (Phi) is 3540. The van der Waals surface area contributed by atoms with Crippen molar-refractivity contribution in [3.8, 4) is 0 Å². The van der Waals surface area contributed by atoms with Crippen LogP contribution >= 0.6 is 0 Å². The number of hydrogen-bond donors (Lipinski definition) is 0. The summed E-state index contributed by atoms with van der Waals surface area (Å²) in [6.45, 7) is 24.0. The number of carbonyl (C=O) groups is 12. The second-order valence-electron chi connectivity index (χ2n) is 0. The van der Waals surface area contributed by atoms with E-state index in [0.717, 1.165) is 0 Å². The van der Waals surface area contributed by atoms with Gasteiger partial charge >= 0.3 is 0 Å². The van der Waals surface area contributed by atoms with Crippen LogP contribution in [0.2, 0.25) is 0 Å². The smallest absolute Gasteiger partial charge is 0.106 e. The maximum absolute atomic E-state index is 8.00. The molecule has 153 valence electrons. The van der Waals surface area contributed by atoms with Crippen LogP contribution in [0, 0.1) is 0 Å². The summed E-state index contributed by atoms with van der Waals surface area (Å²) in [5, 5.41) is 0. The van der Waals surface area contributed by atoms with Gasteiger partial charge in [0.25, 0.3) is 0 Å². The van der Waals surface area contributed by atoms with Crippen LogP contribution < -0.4 is 0 Å². The first kappa shape index (κ1) is 123. The first-order valence-corrected chi connectivity index (χ1v) is 3.46. The second kappa shape index (κ2) is 718. The van der Waals surface area contributed by atoms with Gasteiger partial charge in [0, 0.05) is 19.5 Å². The van der Waals surface area contributed by atoms with Gasteiger partial charge in [-0.15, -0.1) is 0 Å². The fourth-order valence-electron chi connectivity index (χ4n) is 0. The minimum absolute atomic E-state index is 0. The minimum Gasteiger partial charge on any atom is -0.307 e. The van der Waals surface area contributed by atoms with E-state index in [4.69, 9.17) is 57.5 Å². The topological polar surface area (TPSA) is 205 Å². The maximum atomic E-state index is 8.00. The molecule has 0 amide bonds.